The van der Waals surface area contributed by atoms with Gasteiger partial charge in [0.05, 0.1) is 15.9 Å². The van der Waals surface area contributed by atoms with Crippen LogP contribution < -0.4 is 4.18 Å². The molecule has 0 atom stereocenters. The normalized spacial score (nSPS) is 11.0. The zero-order chi connectivity index (χ0) is 17.0. The summed E-state index contributed by atoms with van der Waals surface area (Å²) in [6.07, 6.45) is 0. The quantitative estimate of drug-likeness (QED) is 0.449. The summed E-state index contributed by atoms with van der Waals surface area (Å²) >= 11 is 0. The Morgan fingerprint density at radius 2 is 1.52 bits per heavy atom. The van der Waals surface area contributed by atoms with Gasteiger partial charge in [0, 0.05) is 18.2 Å². The summed E-state index contributed by atoms with van der Waals surface area (Å²) in [4.78, 5) is 19.9. The van der Waals surface area contributed by atoms with Gasteiger partial charge < -0.3 is 4.18 Å². The van der Waals surface area contributed by atoms with E-state index in [1.165, 1.54) is 42.5 Å². The summed E-state index contributed by atoms with van der Waals surface area (Å²) in [6.45, 7) is 0. The van der Waals surface area contributed by atoms with Crippen LogP contribution in [0.4, 0.5) is 11.4 Å². The highest BCUT2D eigenvalue weighted by Gasteiger charge is 2.17. The van der Waals surface area contributed by atoms with Crippen LogP contribution in [-0.4, -0.2) is 18.3 Å². The molecule has 0 heterocycles. The van der Waals surface area contributed by atoms with Crippen molar-refractivity contribution in [2.24, 2.45) is 0 Å². The monoisotopic (exact) mass is 338 g/mol. The molecule has 23 heavy (non-hydrogen) atoms. The molecule has 0 bridgehead atoms. The molecule has 0 N–H and O–H groups in total. The Bertz CT molecular complexity index is 847. The third-order valence-electron chi connectivity index (χ3n) is 2.74. The fraction of sp³-hybridized carbons (Fsp3) is 0.0769. The molecule has 0 amide bonds. The molecule has 0 fully saturated rings. The first-order chi connectivity index (χ1) is 10.8. The average molecular weight is 338 g/mol. The van der Waals surface area contributed by atoms with Crippen molar-refractivity contribution in [2.75, 3.05) is 0 Å². The lowest BCUT2D eigenvalue weighted by Gasteiger charge is -2.07. The molecule has 9 nitrogen and oxygen atoms in total. The number of rotatable bonds is 6. The first kappa shape index (κ1) is 16.4. The van der Waals surface area contributed by atoms with E-state index in [2.05, 4.69) is 0 Å². The molecule has 0 aromatic heterocycles. The van der Waals surface area contributed by atoms with Crippen LogP contribution in [0.3, 0.4) is 0 Å². The number of hydrogen-bond acceptors (Lipinski definition) is 7. The Morgan fingerprint density at radius 3 is 2.09 bits per heavy atom. The molecule has 2 aromatic rings. The van der Waals surface area contributed by atoms with E-state index < -0.39 is 25.7 Å². The largest absolute Gasteiger partial charge is 0.382 e. The highest BCUT2D eigenvalue weighted by molar-refractivity contribution is 7.86. The van der Waals surface area contributed by atoms with Crippen molar-refractivity contribution in [1.29, 1.82) is 0 Å². The van der Waals surface area contributed by atoms with Crippen LogP contribution in [0.2, 0.25) is 0 Å². The van der Waals surface area contributed by atoms with Crippen molar-refractivity contribution in [1.82, 2.24) is 0 Å². The van der Waals surface area contributed by atoms with Crippen LogP contribution in [-0.2, 0) is 15.9 Å². The standard InChI is InChI=1S/C13H10N2O7S/c16-14(17)11-6-4-10(5-7-11)9-23(20,21)22-13-3-1-2-12(8-13)15(18)19/h1-8H,9H2. The van der Waals surface area contributed by atoms with E-state index in [0.717, 1.165) is 6.07 Å². The van der Waals surface area contributed by atoms with Crippen molar-refractivity contribution < 1.29 is 22.4 Å². The molecule has 120 valence electrons. The van der Waals surface area contributed by atoms with Crippen LogP contribution in [0, 0.1) is 20.2 Å². The summed E-state index contributed by atoms with van der Waals surface area (Å²) in [5, 5.41) is 21.2. The Morgan fingerprint density at radius 1 is 0.913 bits per heavy atom. The summed E-state index contributed by atoms with van der Waals surface area (Å²) in [7, 11) is -4.06. The van der Waals surface area contributed by atoms with Crippen LogP contribution in [0.5, 0.6) is 5.75 Å². The van der Waals surface area contributed by atoms with E-state index >= 15 is 0 Å². The zero-order valence-electron chi connectivity index (χ0n) is 11.5. The molecule has 2 rings (SSSR count). The van der Waals surface area contributed by atoms with Gasteiger partial charge in [-0.05, 0) is 11.6 Å². The van der Waals surface area contributed by atoms with Crippen molar-refractivity contribution >= 4 is 21.5 Å². The minimum atomic E-state index is -4.06. The molecule has 2 aromatic carbocycles. The van der Waals surface area contributed by atoms with E-state index in [4.69, 9.17) is 4.18 Å². The van der Waals surface area contributed by atoms with Gasteiger partial charge in [-0.1, -0.05) is 18.2 Å². The van der Waals surface area contributed by atoms with Gasteiger partial charge in [-0.2, -0.15) is 8.42 Å². The first-order valence-electron chi connectivity index (χ1n) is 6.17. The molecule has 10 heteroatoms. The molecular formula is C13H10N2O7S. The van der Waals surface area contributed by atoms with Gasteiger partial charge in [-0.3, -0.25) is 20.2 Å². The van der Waals surface area contributed by atoms with Crippen molar-refractivity contribution in [3.8, 4) is 5.75 Å². The Hall–Kier alpha value is -3.01. The molecule has 0 saturated carbocycles. The Labute approximate surface area is 130 Å². The SMILES string of the molecule is O=[N+]([O-])c1ccc(CS(=O)(=O)Oc2cccc([N+](=O)[O-])c2)cc1. The first-order valence-corrected chi connectivity index (χ1v) is 7.74. The van der Waals surface area contributed by atoms with Crippen molar-refractivity contribution in [2.45, 2.75) is 5.75 Å². The predicted molar refractivity (Wildman–Crippen MR) is 79.4 cm³/mol. The maximum atomic E-state index is 11.9. The van der Waals surface area contributed by atoms with Gasteiger partial charge in [-0.15, -0.1) is 0 Å². The minimum Gasteiger partial charge on any atom is -0.382 e. The maximum Gasteiger partial charge on any atom is 0.313 e. The highest BCUT2D eigenvalue weighted by atomic mass is 32.2. The molecule has 0 radical (unpaired) electrons. The van der Waals surface area contributed by atoms with Gasteiger partial charge >= 0.3 is 10.1 Å². The minimum absolute atomic E-state index is 0.161. The van der Waals surface area contributed by atoms with E-state index in [1.807, 2.05) is 0 Å². The molecule has 0 aliphatic carbocycles. The molecule has 0 aliphatic rings. The molecular weight excluding hydrogens is 328 g/mol. The molecule has 0 unspecified atom stereocenters. The fourth-order valence-electron chi connectivity index (χ4n) is 1.74. The summed E-state index contributed by atoms with van der Waals surface area (Å²) in [5.41, 5.74) is -0.167. The topological polar surface area (TPSA) is 130 Å². The third-order valence-corrected chi connectivity index (χ3v) is 3.88. The number of nitrogens with zero attached hydrogens (tertiary/aromatic N) is 2. The maximum absolute atomic E-state index is 11.9. The van der Waals surface area contributed by atoms with Crippen molar-refractivity contribution in [3.05, 3.63) is 74.3 Å². The summed E-state index contributed by atoms with van der Waals surface area (Å²) in [6, 6.07) is 9.73. The Kier molecular flexibility index (Phi) is 4.55. The van der Waals surface area contributed by atoms with Crippen LogP contribution in [0.15, 0.2) is 48.5 Å². The van der Waals surface area contributed by atoms with Gasteiger partial charge in [0.1, 0.15) is 11.5 Å². The molecule has 0 aliphatic heterocycles. The number of nitro benzene ring substituents is 2. The smallest absolute Gasteiger partial charge is 0.313 e. The van der Waals surface area contributed by atoms with Crippen LogP contribution in [0.1, 0.15) is 5.56 Å². The lowest BCUT2D eigenvalue weighted by molar-refractivity contribution is -0.385. The van der Waals surface area contributed by atoms with Crippen LogP contribution >= 0.6 is 0 Å². The van der Waals surface area contributed by atoms with Gasteiger partial charge in [0.2, 0.25) is 0 Å². The van der Waals surface area contributed by atoms with E-state index in [-0.39, 0.29) is 17.1 Å². The molecule has 0 saturated heterocycles. The average Bonchev–Trinajstić information content (AvgIpc) is 2.47. The number of non-ortho nitro benzene ring substituents is 2. The lowest BCUT2D eigenvalue weighted by Crippen LogP contribution is -2.12. The van der Waals surface area contributed by atoms with Gasteiger partial charge in [0.15, 0.2) is 0 Å². The van der Waals surface area contributed by atoms with E-state index in [0.29, 0.717) is 5.56 Å². The number of nitro groups is 2. The van der Waals surface area contributed by atoms with Gasteiger partial charge in [-0.25, -0.2) is 0 Å². The summed E-state index contributed by atoms with van der Waals surface area (Å²) in [5.74, 6) is -0.700. The van der Waals surface area contributed by atoms with E-state index in [9.17, 15) is 28.6 Å². The highest BCUT2D eigenvalue weighted by Crippen LogP contribution is 2.22. The molecule has 0 spiro atoms. The van der Waals surface area contributed by atoms with Crippen LogP contribution in [0.25, 0.3) is 0 Å². The zero-order valence-corrected chi connectivity index (χ0v) is 12.3. The second kappa shape index (κ2) is 6.40. The number of hydrogen-bond donors (Lipinski definition) is 0. The van der Waals surface area contributed by atoms with E-state index in [1.54, 1.807) is 0 Å². The van der Waals surface area contributed by atoms with Crippen molar-refractivity contribution in [3.63, 3.8) is 0 Å². The Balaban J connectivity index is 2.14. The second-order valence-corrected chi connectivity index (χ2v) is 6.03. The summed E-state index contributed by atoms with van der Waals surface area (Å²) < 4.78 is 28.7. The van der Waals surface area contributed by atoms with Gasteiger partial charge in [0.25, 0.3) is 11.4 Å². The number of benzene rings is 2. The third kappa shape index (κ3) is 4.48. The fourth-order valence-corrected chi connectivity index (χ4v) is 2.80. The second-order valence-electron chi connectivity index (χ2n) is 4.46. The lowest BCUT2D eigenvalue weighted by atomic mass is 10.2. The predicted octanol–water partition coefficient (Wildman–Crippen LogP) is 2.41.